The number of hydrogen-bond acceptors (Lipinski definition) is 3. The maximum absolute atomic E-state index is 13.7. The Kier molecular flexibility index (Phi) is 7.03. The van der Waals surface area contributed by atoms with Crippen LogP contribution in [0.15, 0.2) is 85.1 Å². The number of methoxy groups -OCH3 is 1. The van der Waals surface area contributed by atoms with Crippen LogP contribution in [0.1, 0.15) is 34.3 Å². The molecule has 1 heterocycles. The number of hydrogen-bond donors (Lipinski definition) is 1. The molecule has 0 bridgehead atoms. The number of benzene rings is 3. The molecule has 36 heavy (non-hydrogen) atoms. The van der Waals surface area contributed by atoms with Crippen molar-refractivity contribution in [2.45, 2.75) is 31.8 Å². The summed E-state index contributed by atoms with van der Waals surface area (Å²) in [6.45, 7) is 1.15. The van der Waals surface area contributed by atoms with Gasteiger partial charge in [0.15, 0.2) is 0 Å². The second kappa shape index (κ2) is 10.7. The Bertz CT molecular complexity index is 1340. The highest BCUT2D eigenvalue weighted by Crippen LogP contribution is 2.29. The average molecular weight is 482 g/mol. The molecular formula is C30H31N3O3. The van der Waals surface area contributed by atoms with E-state index in [9.17, 15) is 9.59 Å². The van der Waals surface area contributed by atoms with E-state index in [0.717, 1.165) is 30.3 Å². The van der Waals surface area contributed by atoms with E-state index in [-0.39, 0.29) is 24.4 Å². The first kappa shape index (κ1) is 23.7. The van der Waals surface area contributed by atoms with Gasteiger partial charge in [0, 0.05) is 41.8 Å². The Labute approximate surface area is 211 Å². The number of aromatic nitrogens is 1. The molecule has 184 valence electrons. The Balaban J connectivity index is 1.34. The first-order valence-electron chi connectivity index (χ1n) is 12.4. The number of carbonyl (C=O) groups excluding carboxylic acids is 2. The predicted octanol–water partition coefficient (Wildman–Crippen LogP) is 5.05. The van der Waals surface area contributed by atoms with Gasteiger partial charge in [0.05, 0.1) is 7.11 Å². The molecule has 1 fully saturated rings. The van der Waals surface area contributed by atoms with Crippen molar-refractivity contribution in [2.75, 3.05) is 20.2 Å². The third-order valence-corrected chi connectivity index (χ3v) is 6.77. The lowest BCUT2D eigenvalue weighted by atomic mass is 10.1. The smallest absolute Gasteiger partial charge is 0.254 e. The number of nitrogens with one attached hydrogen (secondary N) is 1. The second-order valence-electron chi connectivity index (χ2n) is 9.31. The molecule has 6 heteroatoms. The number of fused-ring (bicyclic) bond motifs is 1. The highest BCUT2D eigenvalue weighted by molar-refractivity contribution is 5.97. The van der Waals surface area contributed by atoms with Gasteiger partial charge in [0.1, 0.15) is 12.3 Å². The zero-order chi connectivity index (χ0) is 24.9. The quantitative estimate of drug-likeness (QED) is 0.345. The Morgan fingerprint density at radius 3 is 2.53 bits per heavy atom. The second-order valence-corrected chi connectivity index (χ2v) is 9.31. The summed E-state index contributed by atoms with van der Waals surface area (Å²) in [5, 5.41) is 1.18. The fourth-order valence-corrected chi connectivity index (χ4v) is 4.61. The molecule has 0 spiro atoms. The molecule has 5 rings (SSSR count). The zero-order valence-electron chi connectivity index (χ0n) is 20.5. The summed E-state index contributed by atoms with van der Waals surface area (Å²) in [6.07, 6.45) is 4.61. The van der Waals surface area contributed by atoms with Gasteiger partial charge in [0.25, 0.3) is 5.91 Å². The monoisotopic (exact) mass is 481 g/mol. The summed E-state index contributed by atoms with van der Waals surface area (Å²) < 4.78 is 5.30. The number of carbonyl (C=O) groups is 2. The van der Waals surface area contributed by atoms with Crippen LogP contribution >= 0.6 is 0 Å². The van der Waals surface area contributed by atoms with Crippen molar-refractivity contribution >= 4 is 22.7 Å². The normalized spacial score (nSPS) is 12.9. The number of nitrogens with zero attached hydrogens (tertiary/aromatic N) is 2. The van der Waals surface area contributed by atoms with Gasteiger partial charge in [-0.3, -0.25) is 9.59 Å². The van der Waals surface area contributed by atoms with Crippen molar-refractivity contribution in [3.8, 4) is 5.75 Å². The molecule has 2 amide bonds. The molecule has 0 atom stereocenters. The Morgan fingerprint density at radius 1 is 0.972 bits per heavy atom. The fourth-order valence-electron chi connectivity index (χ4n) is 4.61. The number of aromatic amines is 1. The standard InChI is InChI=1S/C30H31N3O3/c1-36-26-11-7-10-23(18-26)30(35)33(25-14-15-25)21-29(34)32(20-22-8-3-2-4-9-22)17-16-24-19-31-28-13-6-5-12-27(24)28/h2-13,18-19,25,31H,14-17,20-21H2,1H3. The molecule has 0 radical (unpaired) electrons. The Morgan fingerprint density at radius 2 is 1.75 bits per heavy atom. The van der Waals surface area contributed by atoms with Crippen LogP contribution in [0.25, 0.3) is 10.9 Å². The summed E-state index contributed by atoms with van der Waals surface area (Å²) in [7, 11) is 1.58. The van der Waals surface area contributed by atoms with Crippen molar-refractivity contribution in [2.24, 2.45) is 0 Å². The van der Waals surface area contributed by atoms with E-state index < -0.39 is 0 Å². The van der Waals surface area contributed by atoms with E-state index in [0.29, 0.717) is 24.4 Å². The van der Waals surface area contributed by atoms with Crippen LogP contribution < -0.4 is 4.74 Å². The SMILES string of the molecule is COc1cccc(C(=O)N(CC(=O)N(CCc2c[nH]c3ccccc23)Cc2ccccc2)C2CC2)c1. The van der Waals surface area contributed by atoms with E-state index in [1.54, 1.807) is 24.1 Å². The molecule has 4 aromatic rings. The van der Waals surface area contributed by atoms with Crippen LogP contribution in [-0.2, 0) is 17.8 Å². The maximum atomic E-state index is 13.7. The van der Waals surface area contributed by atoms with Gasteiger partial charge in [-0.25, -0.2) is 0 Å². The van der Waals surface area contributed by atoms with Crippen LogP contribution in [0.4, 0.5) is 0 Å². The van der Waals surface area contributed by atoms with Gasteiger partial charge in [-0.15, -0.1) is 0 Å². The van der Waals surface area contributed by atoms with Crippen molar-refractivity contribution in [3.05, 3.63) is 102 Å². The molecule has 6 nitrogen and oxygen atoms in total. The number of H-pyrrole nitrogens is 1. The summed E-state index contributed by atoms with van der Waals surface area (Å²) >= 11 is 0. The highest BCUT2D eigenvalue weighted by Gasteiger charge is 2.35. The molecule has 1 saturated carbocycles. The van der Waals surface area contributed by atoms with Crippen LogP contribution in [0, 0.1) is 0 Å². The van der Waals surface area contributed by atoms with Crippen molar-refractivity contribution in [1.82, 2.24) is 14.8 Å². The lowest BCUT2D eigenvalue weighted by Crippen LogP contribution is -2.44. The van der Waals surface area contributed by atoms with Gasteiger partial charge in [-0.2, -0.15) is 0 Å². The molecule has 0 aliphatic heterocycles. The molecule has 1 aliphatic rings. The van der Waals surface area contributed by atoms with Crippen molar-refractivity contribution in [1.29, 1.82) is 0 Å². The Hall–Kier alpha value is -4.06. The van der Waals surface area contributed by atoms with Crippen LogP contribution in [0.3, 0.4) is 0 Å². The molecule has 0 saturated heterocycles. The lowest BCUT2D eigenvalue weighted by molar-refractivity contribution is -0.132. The van der Waals surface area contributed by atoms with Crippen LogP contribution in [-0.4, -0.2) is 52.8 Å². The van der Waals surface area contributed by atoms with Gasteiger partial charge in [-0.05, 0) is 54.7 Å². The fraction of sp³-hybridized carbons (Fsp3) is 0.267. The average Bonchev–Trinajstić information content (AvgIpc) is 3.69. The summed E-state index contributed by atoms with van der Waals surface area (Å²) in [4.78, 5) is 34.0. The van der Waals surface area contributed by atoms with E-state index in [1.165, 1.54) is 10.9 Å². The molecule has 0 unspecified atom stereocenters. The number of ether oxygens (including phenoxy) is 1. The molecule has 3 aromatic carbocycles. The first-order chi connectivity index (χ1) is 17.6. The van der Waals surface area contributed by atoms with Gasteiger partial charge >= 0.3 is 0 Å². The topological polar surface area (TPSA) is 65.6 Å². The van der Waals surface area contributed by atoms with E-state index in [2.05, 4.69) is 17.1 Å². The lowest BCUT2D eigenvalue weighted by Gasteiger charge is -2.28. The molecule has 1 N–H and O–H groups in total. The molecule has 1 aromatic heterocycles. The first-order valence-corrected chi connectivity index (χ1v) is 12.4. The third kappa shape index (κ3) is 5.43. The van der Waals surface area contributed by atoms with E-state index >= 15 is 0 Å². The number of para-hydroxylation sites is 1. The number of amides is 2. The zero-order valence-corrected chi connectivity index (χ0v) is 20.5. The molecular weight excluding hydrogens is 450 g/mol. The third-order valence-electron chi connectivity index (χ3n) is 6.77. The summed E-state index contributed by atoms with van der Waals surface area (Å²) in [5.74, 6) is 0.468. The minimum Gasteiger partial charge on any atom is -0.497 e. The van der Waals surface area contributed by atoms with Gasteiger partial charge in [0.2, 0.25) is 5.91 Å². The largest absolute Gasteiger partial charge is 0.497 e. The van der Waals surface area contributed by atoms with Gasteiger partial charge < -0.3 is 19.5 Å². The van der Waals surface area contributed by atoms with Crippen molar-refractivity contribution < 1.29 is 14.3 Å². The maximum Gasteiger partial charge on any atom is 0.254 e. The minimum absolute atomic E-state index is 0.0400. The van der Waals surface area contributed by atoms with E-state index in [4.69, 9.17) is 4.74 Å². The van der Waals surface area contributed by atoms with Gasteiger partial charge in [-0.1, -0.05) is 54.6 Å². The van der Waals surface area contributed by atoms with Crippen molar-refractivity contribution in [3.63, 3.8) is 0 Å². The minimum atomic E-state index is -0.124. The highest BCUT2D eigenvalue weighted by atomic mass is 16.5. The van der Waals surface area contributed by atoms with E-state index in [1.807, 2.05) is 65.7 Å². The van der Waals surface area contributed by atoms with Crippen LogP contribution in [0.5, 0.6) is 5.75 Å². The molecule has 1 aliphatic carbocycles. The summed E-state index contributed by atoms with van der Waals surface area (Å²) in [6, 6.07) is 25.5. The predicted molar refractivity (Wildman–Crippen MR) is 141 cm³/mol. The summed E-state index contributed by atoms with van der Waals surface area (Å²) in [5.41, 5.74) is 3.89. The number of rotatable bonds is 10. The van der Waals surface area contributed by atoms with Crippen LogP contribution in [0.2, 0.25) is 0 Å².